The monoisotopic (exact) mass is 289 g/mol. The minimum absolute atomic E-state index is 0.0118. The van der Waals surface area contributed by atoms with Crippen LogP contribution < -0.4 is 5.73 Å². The third-order valence-electron chi connectivity index (χ3n) is 3.77. The van der Waals surface area contributed by atoms with Crippen LogP contribution in [0.3, 0.4) is 0 Å². The fourth-order valence-electron chi connectivity index (χ4n) is 2.83. The van der Waals surface area contributed by atoms with Crippen molar-refractivity contribution in [2.24, 2.45) is 11.7 Å². The maximum absolute atomic E-state index is 13.5. The van der Waals surface area contributed by atoms with Crippen molar-refractivity contribution < 1.29 is 9.18 Å². The standard InChI is InChI=1S/C16H20FN3O/c1-10(2)9-20-15(21)6-5-14(19)16(20)11-3-4-13(17)12(7-11)8-18/h3-4,7,10,14,16H,5-6,9,19H2,1-2H3. The van der Waals surface area contributed by atoms with Crippen molar-refractivity contribution in [1.82, 2.24) is 4.90 Å². The van der Waals surface area contributed by atoms with Crippen LogP contribution in [0.1, 0.15) is 43.9 Å². The topological polar surface area (TPSA) is 70.1 Å². The van der Waals surface area contributed by atoms with Crippen molar-refractivity contribution in [2.75, 3.05) is 6.54 Å². The molecule has 1 amide bonds. The molecule has 21 heavy (non-hydrogen) atoms. The predicted octanol–water partition coefficient (Wildman–Crippen LogP) is 2.34. The Morgan fingerprint density at radius 2 is 2.24 bits per heavy atom. The Bertz CT molecular complexity index is 579. The number of likely N-dealkylation sites (tertiary alicyclic amines) is 1. The molecule has 2 N–H and O–H groups in total. The second kappa shape index (κ2) is 6.23. The number of halogens is 1. The number of benzene rings is 1. The summed E-state index contributed by atoms with van der Waals surface area (Å²) in [6.45, 7) is 4.68. The third kappa shape index (κ3) is 3.22. The molecule has 0 aliphatic carbocycles. The molecular formula is C16H20FN3O. The quantitative estimate of drug-likeness (QED) is 0.928. The normalized spacial score (nSPS) is 22.5. The molecule has 112 valence electrons. The highest BCUT2D eigenvalue weighted by Gasteiger charge is 2.35. The molecule has 2 rings (SSSR count). The molecule has 0 radical (unpaired) electrons. The number of carbonyl (C=O) groups excluding carboxylic acids is 1. The summed E-state index contributed by atoms with van der Waals surface area (Å²) in [5, 5.41) is 8.97. The number of nitrogens with two attached hydrogens (primary N) is 1. The van der Waals surface area contributed by atoms with Crippen molar-refractivity contribution >= 4 is 5.91 Å². The van der Waals surface area contributed by atoms with Gasteiger partial charge >= 0.3 is 0 Å². The first-order chi connectivity index (χ1) is 9.93. The highest BCUT2D eigenvalue weighted by atomic mass is 19.1. The summed E-state index contributed by atoms with van der Waals surface area (Å²) < 4.78 is 13.5. The molecule has 1 fully saturated rings. The van der Waals surface area contributed by atoms with E-state index in [1.807, 2.05) is 19.9 Å². The van der Waals surface area contributed by atoms with Gasteiger partial charge in [-0.05, 0) is 30.0 Å². The van der Waals surface area contributed by atoms with E-state index in [0.717, 1.165) is 5.56 Å². The van der Waals surface area contributed by atoms with Gasteiger partial charge in [-0.1, -0.05) is 19.9 Å². The predicted molar refractivity (Wildman–Crippen MR) is 77.6 cm³/mol. The summed E-state index contributed by atoms with van der Waals surface area (Å²) in [6.07, 6.45) is 1.05. The number of rotatable bonds is 3. The second-order valence-electron chi connectivity index (χ2n) is 5.94. The SMILES string of the molecule is CC(C)CN1C(=O)CCC(N)C1c1ccc(F)c(C#N)c1. The number of hydrogen-bond acceptors (Lipinski definition) is 3. The first-order valence-electron chi connectivity index (χ1n) is 7.18. The average molecular weight is 289 g/mol. The van der Waals surface area contributed by atoms with Crippen molar-refractivity contribution in [3.05, 3.63) is 35.1 Å². The van der Waals surface area contributed by atoms with E-state index >= 15 is 0 Å². The molecule has 0 aromatic heterocycles. The molecule has 5 heteroatoms. The summed E-state index contributed by atoms with van der Waals surface area (Å²) >= 11 is 0. The molecule has 2 unspecified atom stereocenters. The summed E-state index contributed by atoms with van der Waals surface area (Å²) in [5.74, 6) is -0.164. The van der Waals surface area contributed by atoms with Gasteiger partial charge in [0, 0.05) is 19.0 Å². The smallest absolute Gasteiger partial charge is 0.223 e. The van der Waals surface area contributed by atoms with Crippen LogP contribution in [0.5, 0.6) is 0 Å². The van der Waals surface area contributed by atoms with Gasteiger partial charge < -0.3 is 10.6 Å². The Hall–Kier alpha value is -1.93. The fraction of sp³-hybridized carbons (Fsp3) is 0.500. The van der Waals surface area contributed by atoms with Gasteiger partial charge in [-0.15, -0.1) is 0 Å². The Morgan fingerprint density at radius 1 is 1.52 bits per heavy atom. The molecule has 2 atom stereocenters. The summed E-state index contributed by atoms with van der Waals surface area (Å²) in [4.78, 5) is 14.0. The van der Waals surface area contributed by atoms with Crippen LogP contribution in [-0.2, 0) is 4.79 Å². The van der Waals surface area contributed by atoms with Crippen molar-refractivity contribution in [3.63, 3.8) is 0 Å². The van der Waals surface area contributed by atoms with Crippen molar-refractivity contribution in [3.8, 4) is 6.07 Å². The Morgan fingerprint density at radius 3 is 2.86 bits per heavy atom. The average Bonchev–Trinajstić information content (AvgIpc) is 2.44. The van der Waals surface area contributed by atoms with Crippen LogP contribution in [-0.4, -0.2) is 23.4 Å². The van der Waals surface area contributed by atoms with E-state index in [9.17, 15) is 9.18 Å². The molecule has 0 saturated carbocycles. The summed E-state index contributed by atoms with van der Waals surface area (Å²) in [5.41, 5.74) is 6.92. The highest BCUT2D eigenvalue weighted by Crippen LogP contribution is 2.32. The molecule has 1 saturated heterocycles. The maximum Gasteiger partial charge on any atom is 0.223 e. The van der Waals surface area contributed by atoms with Crippen LogP contribution in [0.25, 0.3) is 0 Å². The summed E-state index contributed by atoms with van der Waals surface area (Å²) in [6, 6.07) is 5.75. The van der Waals surface area contributed by atoms with Gasteiger partial charge in [0.15, 0.2) is 0 Å². The zero-order chi connectivity index (χ0) is 15.6. The van der Waals surface area contributed by atoms with E-state index in [0.29, 0.717) is 25.3 Å². The van der Waals surface area contributed by atoms with Gasteiger partial charge in [0.25, 0.3) is 0 Å². The molecule has 1 heterocycles. The lowest BCUT2D eigenvalue weighted by atomic mass is 9.89. The molecule has 4 nitrogen and oxygen atoms in total. The number of hydrogen-bond donors (Lipinski definition) is 1. The van der Waals surface area contributed by atoms with E-state index in [1.165, 1.54) is 12.1 Å². The fourth-order valence-corrected chi connectivity index (χ4v) is 2.83. The molecule has 0 bridgehead atoms. The largest absolute Gasteiger partial charge is 0.334 e. The molecule has 1 aromatic rings. The lowest BCUT2D eigenvalue weighted by Gasteiger charge is -2.41. The Kier molecular flexibility index (Phi) is 4.59. The van der Waals surface area contributed by atoms with Crippen LogP contribution in [0, 0.1) is 23.1 Å². The minimum atomic E-state index is -0.549. The van der Waals surface area contributed by atoms with Gasteiger partial charge in [0.1, 0.15) is 11.9 Å². The molecule has 1 aromatic carbocycles. The number of nitriles is 1. The zero-order valence-corrected chi connectivity index (χ0v) is 12.3. The molecule has 1 aliphatic heterocycles. The van der Waals surface area contributed by atoms with Crippen molar-refractivity contribution in [1.29, 1.82) is 5.26 Å². The van der Waals surface area contributed by atoms with E-state index in [-0.39, 0.29) is 23.6 Å². The van der Waals surface area contributed by atoms with Crippen molar-refractivity contribution in [2.45, 2.75) is 38.8 Å². The summed E-state index contributed by atoms with van der Waals surface area (Å²) in [7, 11) is 0. The van der Waals surface area contributed by atoms with Gasteiger partial charge in [-0.2, -0.15) is 5.26 Å². The van der Waals surface area contributed by atoms with E-state index in [1.54, 1.807) is 11.0 Å². The zero-order valence-electron chi connectivity index (χ0n) is 12.3. The second-order valence-corrected chi connectivity index (χ2v) is 5.94. The molecule has 0 spiro atoms. The Balaban J connectivity index is 2.41. The van der Waals surface area contributed by atoms with Crippen LogP contribution in [0.4, 0.5) is 4.39 Å². The van der Waals surface area contributed by atoms with Gasteiger partial charge in [0.05, 0.1) is 11.6 Å². The maximum atomic E-state index is 13.5. The van der Waals surface area contributed by atoms with Gasteiger partial charge in [-0.25, -0.2) is 4.39 Å². The van der Waals surface area contributed by atoms with E-state index in [2.05, 4.69) is 0 Å². The number of nitrogens with zero attached hydrogens (tertiary/aromatic N) is 2. The number of carbonyl (C=O) groups is 1. The lowest BCUT2D eigenvalue weighted by molar-refractivity contribution is -0.138. The minimum Gasteiger partial charge on any atom is -0.334 e. The van der Waals surface area contributed by atoms with Gasteiger partial charge in [-0.3, -0.25) is 4.79 Å². The van der Waals surface area contributed by atoms with Gasteiger partial charge in [0.2, 0.25) is 5.91 Å². The Labute approximate surface area is 124 Å². The van der Waals surface area contributed by atoms with Crippen LogP contribution in [0.2, 0.25) is 0 Å². The molecular weight excluding hydrogens is 269 g/mol. The van der Waals surface area contributed by atoms with E-state index < -0.39 is 5.82 Å². The highest BCUT2D eigenvalue weighted by molar-refractivity contribution is 5.78. The van der Waals surface area contributed by atoms with E-state index in [4.69, 9.17) is 11.0 Å². The number of amides is 1. The first-order valence-corrected chi connectivity index (χ1v) is 7.18. The lowest BCUT2D eigenvalue weighted by Crippen LogP contribution is -2.50. The first kappa shape index (κ1) is 15.5. The molecule has 1 aliphatic rings. The van der Waals surface area contributed by atoms with Crippen LogP contribution >= 0.6 is 0 Å². The van der Waals surface area contributed by atoms with Crippen LogP contribution in [0.15, 0.2) is 18.2 Å². The third-order valence-corrected chi connectivity index (χ3v) is 3.77. The number of piperidine rings is 1.